The summed E-state index contributed by atoms with van der Waals surface area (Å²) in [5.74, 6) is 2.11. The quantitative estimate of drug-likeness (QED) is 0.858. The van der Waals surface area contributed by atoms with E-state index >= 15 is 0 Å². The Morgan fingerprint density at radius 3 is 2.56 bits per heavy atom. The number of aromatic amines is 1. The molecule has 2 rings (SSSR count). The lowest BCUT2D eigenvalue weighted by Gasteiger charge is -2.14. The molecule has 0 unspecified atom stereocenters. The molecule has 0 fully saturated rings. The van der Waals surface area contributed by atoms with E-state index in [4.69, 9.17) is 16.3 Å². The van der Waals surface area contributed by atoms with Gasteiger partial charge in [0.25, 0.3) is 0 Å². The molecule has 3 nitrogen and oxygen atoms in total. The summed E-state index contributed by atoms with van der Waals surface area (Å²) < 4.78 is 5.38. The van der Waals surface area contributed by atoms with Crippen LogP contribution in [0.25, 0.3) is 11.3 Å². The SMILES string of the molecule is COc1cc(C)c(-c2cnc(CCl)[nH]2)c(C)c1C. The average Bonchev–Trinajstić information content (AvgIpc) is 2.82. The number of imidazole rings is 1. The number of aryl methyl sites for hydroxylation is 1. The third kappa shape index (κ3) is 2.10. The molecule has 18 heavy (non-hydrogen) atoms. The average molecular weight is 265 g/mol. The highest BCUT2D eigenvalue weighted by atomic mass is 35.5. The molecule has 0 bridgehead atoms. The van der Waals surface area contributed by atoms with Gasteiger partial charge in [-0.1, -0.05) is 0 Å². The Balaban J connectivity index is 2.60. The van der Waals surface area contributed by atoms with Gasteiger partial charge in [-0.2, -0.15) is 0 Å². The predicted octanol–water partition coefficient (Wildman–Crippen LogP) is 3.75. The molecule has 1 aromatic heterocycles. The van der Waals surface area contributed by atoms with Crippen LogP contribution < -0.4 is 4.74 Å². The molecule has 0 aliphatic carbocycles. The van der Waals surface area contributed by atoms with Gasteiger partial charge in [0.1, 0.15) is 11.6 Å². The van der Waals surface area contributed by atoms with E-state index in [9.17, 15) is 0 Å². The van der Waals surface area contributed by atoms with Crippen LogP contribution >= 0.6 is 11.6 Å². The molecular weight excluding hydrogens is 248 g/mol. The Hall–Kier alpha value is -1.48. The maximum atomic E-state index is 5.77. The molecule has 0 saturated heterocycles. The van der Waals surface area contributed by atoms with Crippen molar-refractivity contribution < 1.29 is 4.74 Å². The number of alkyl halides is 1. The van der Waals surface area contributed by atoms with Crippen LogP contribution in [0.15, 0.2) is 12.3 Å². The van der Waals surface area contributed by atoms with Crippen molar-refractivity contribution in [3.63, 3.8) is 0 Å². The van der Waals surface area contributed by atoms with Crippen LogP contribution in [-0.2, 0) is 5.88 Å². The van der Waals surface area contributed by atoms with Crippen molar-refractivity contribution in [2.45, 2.75) is 26.7 Å². The predicted molar refractivity (Wildman–Crippen MR) is 74.3 cm³/mol. The van der Waals surface area contributed by atoms with Gasteiger partial charge in [0.05, 0.1) is 24.9 Å². The smallest absolute Gasteiger partial charge is 0.122 e. The molecule has 2 aromatic rings. The van der Waals surface area contributed by atoms with Gasteiger partial charge in [0, 0.05) is 5.56 Å². The molecule has 0 saturated carbocycles. The lowest BCUT2D eigenvalue weighted by Crippen LogP contribution is -1.96. The first-order valence-corrected chi connectivity index (χ1v) is 6.37. The molecule has 0 atom stereocenters. The molecule has 0 spiro atoms. The van der Waals surface area contributed by atoms with Crippen molar-refractivity contribution in [3.05, 3.63) is 34.8 Å². The van der Waals surface area contributed by atoms with Crippen molar-refractivity contribution in [1.82, 2.24) is 9.97 Å². The Morgan fingerprint density at radius 2 is 2.00 bits per heavy atom. The summed E-state index contributed by atoms with van der Waals surface area (Å²) in [6.45, 7) is 6.24. The minimum Gasteiger partial charge on any atom is -0.496 e. The molecule has 0 radical (unpaired) electrons. The molecule has 0 aliphatic rings. The van der Waals surface area contributed by atoms with Crippen LogP contribution in [0.2, 0.25) is 0 Å². The van der Waals surface area contributed by atoms with E-state index in [0.717, 1.165) is 22.8 Å². The number of aromatic nitrogens is 2. The van der Waals surface area contributed by atoms with Gasteiger partial charge >= 0.3 is 0 Å². The van der Waals surface area contributed by atoms with Crippen LogP contribution in [0, 0.1) is 20.8 Å². The molecule has 1 heterocycles. The van der Waals surface area contributed by atoms with Crippen molar-refractivity contribution in [3.8, 4) is 17.0 Å². The van der Waals surface area contributed by atoms with Gasteiger partial charge < -0.3 is 9.72 Å². The zero-order valence-electron chi connectivity index (χ0n) is 11.1. The molecule has 1 N–H and O–H groups in total. The first kappa shape index (κ1) is 13.0. The largest absolute Gasteiger partial charge is 0.496 e. The second kappa shape index (κ2) is 5.02. The zero-order valence-corrected chi connectivity index (χ0v) is 11.9. The van der Waals surface area contributed by atoms with E-state index in [1.54, 1.807) is 7.11 Å². The van der Waals surface area contributed by atoms with Crippen LogP contribution in [0.1, 0.15) is 22.5 Å². The fourth-order valence-electron chi connectivity index (χ4n) is 2.23. The fourth-order valence-corrected chi connectivity index (χ4v) is 2.36. The molecule has 0 amide bonds. The van der Waals surface area contributed by atoms with Gasteiger partial charge in [-0.15, -0.1) is 11.6 Å². The second-order valence-corrected chi connectivity index (χ2v) is 4.67. The fraction of sp³-hybridized carbons (Fsp3) is 0.357. The monoisotopic (exact) mass is 264 g/mol. The van der Waals surface area contributed by atoms with Crippen LogP contribution in [0.3, 0.4) is 0 Å². The molecule has 1 aromatic carbocycles. The van der Waals surface area contributed by atoms with E-state index in [2.05, 4.69) is 36.8 Å². The Labute approximate surface area is 112 Å². The van der Waals surface area contributed by atoms with Crippen LogP contribution in [-0.4, -0.2) is 17.1 Å². The number of halogens is 1. The Morgan fingerprint density at radius 1 is 1.28 bits per heavy atom. The highest BCUT2D eigenvalue weighted by Crippen LogP contribution is 2.33. The van der Waals surface area contributed by atoms with Gasteiger partial charge in [-0.3, -0.25) is 0 Å². The lowest BCUT2D eigenvalue weighted by molar-refractivity contribution is 0.411. The number of ether oxygens (including phenoxy) is 1. The number of nitrogens with zero attached hydrogens (tertiary/aromatic N) is 1. The number of nitrogens with one attached hydrogen (secondary N) is 1. The van der Waals surface area contributed by atoms with E-state index in [0.29, 0.717) is 5.88 Å². The third-order valence-electron chi connectivity index (χ3n) is 3.29. The normalized spacial score (nSPS) is 10.7. The minimum atomic E-state index is 0.396. The number of methoxy groups -OCH3 is 1. The van der Waals surface area contributed by atoms with Gasteiger partial charge in [-0.25, -0.2) is 4.98 Å². The number of H-pyrrole nitrogens is 1. The topological polar surface area (TPSA) is 37.9 Å². The van der Waals surface area contributed by atoms with Crippen LogP contribution in [0.5, 0.6) is 5.75 Å². The number of hydrogen-bond donors (Lipinski definition) is 1. The molecule has 0 aliphatic heterocycles. The van der Waals surface area contributed by atoms with E-state index in [1.165, 1.54) is 16.7 Å². The van der Waals surface area contributed by atoms with Crippen LogP contribution in [0.4, 0.5) is 0 Å². The second-order valence-electron chi connectivity index (χ2n) is 4.40. The first-order valence-electron chi connectivity index (χ1n) is 5.83. The van der Waals surface area contributed by atoms with Gasteiger partial charge in [-0.05, 0) is 43.5 Å². The summed E-state index contributed by atoms with van der Waals surface area (Å²) in [6.07, 6.45) is 1.83. The minimum absolute atomic E-state index is 0.396. The van der Waals surface area contributed by atoms with E-state index in [-0.39, 0.29) is 0 Å². The molecular formula is C14H17ClN2O. The van der Waals surface area contributed by atoms with Crippen molar-refractivity contribution in [2.24, 2.45) is 0 Å². The standard InChI is InChI=1S/C14H17ClN2O/c1-8-5-12(18-4)9(2)10(3)14(8)11-7-16-13(6-15)17-11/h5,7H,6H2,1-4H3,(H,16,17). The van der Waals surface area contributed by atoms with Gasteiger partial charge in [0.2, 0.25) is 0 Å². The van der Waals surface area contributed by atoms with Crippen molar-refractivity contribution in [2.75, 3.05) is 7.11 Å². The third-order valence-corrected chi connectivity index (χ3v) is 3.55. The summed E-state index contributed by atoms with van der Waals surface area (Å²) in [5, 5.41) is 0. The van der Waals surface area contributed by atoms with Gasteiger partial charge in [0.15, 0.2) is 0 Å². The summed E-state index contributed by atoms with van der Waals surface area (Å²) in [7, 11) is 1.70. The lowest BCUT2D eigenvalue weighted by atomic mass is 9.95. The maximum Gasteiger partial charge on any atom is 0.122 e. The number of rotatable bonds is 3. The zero-order chi connectivity index (χ0) is 13.3. The summed E-state index contributed by atoms with van der Waals surface area (Å²) >= 11 is 5.77. The summed E-state index contributed by atoms with van der Waals surface area (Å²) in [5.41, 5.74) is 5.71. The first-order chi connectivity index (χ1) is 8.58. The molecule has 4 heteroatoms. The Kier molecular flexibility index (Phi) is 3.62. The van der Waals surface area contributed by atoms with Crippen molar-refractivity contribution in [1.29, 1.82) is 0 Å². The highest BCUT2D eigenvalue weighted by molar-refractivity contribution is 6.16. The number of benzene rings is 1. The molecule has 96 valence electrons. The van der Waals surface area contributed by atoms with Crippen molar-refractivity contribution >= 4 is 11.6 Å². The Bertz CT molecular complexity index is 575. The summed E-state index contributed by atoms with van der Waals surface area (Å²) in [4.78, 5) is 7.49. The highest BCUT2D eigenvalue weighted by Gasteiger charge is 2.14. The van der Waals surface area contributed by atoms with E-state index < -0.39 is 0 Å². The number of hydrogen-bond acceptors (Lipinski definition) is 2. The maximum absolute atomic E-state index is 5.77. The van der Waals surface area contributed by atoms with E-state index in [1.807, 2.05) is 6.20 Å². The summed E-state index contributed by atoms with van der Waals surface area (Å²) in [6, 6.07) is 2.05.